The molecule has 0 spiro atoms. The second kappa shape index (κ2) is 9.72. The van der Waals surface area contributed by atoms with Gasteiger partial charge in [-0.1, -0.05) is 26.0 Å². The molecule has 0 aliphatic heterocycles. The van der Waals surface area contributed by atoms with Crippen molar-refractivity contribution in [2.75, 3.05) is 13.2 Å². The second-order valence-corrected chi connectivity index (χ2v) is 6.31. The summed E-state index contributed by atoms with van der Waals surface area (Å²) in [4.78, 5) is 10.8. The van der Waals surface area contributed by atoms with Crippen LogP contribution in [0, 0.1) is 0 Å². The standard InChI is InChI=1S/C21H26O4/c1-16(2)17-6-10-19(11-7-17)24-14-4-3-5-15-25-20-12-8-18(9-13-20)21(22)23/h6-13,16H,3-5,14-15H2,1-2H3,(H,22,23). The first kappa shape index (κ1) is 18.8. The summed E-state index contributed by atoms with van der Waals surface area (Å²) < 4.78 is 11.4. The third-order valence-electron chi connectivity index (χ3n) is 3.97. The van der Waals surface area contributed by atoms with E-state index in [-0.39, 0.29) is 5.56 Å². The molecule has 0 bridgehead atoms. The van der Waals surface area contributed by atoms with Crippen LogP contribution in [0.25, 0.3) is 0 Å². The lowest BCUT2D eigenvalue weighted by atomic mass is 10.0. The smallest absolute Gasteiger partial charge is 0.335 e. The quantitative estimate of drug-likeness (QED) is 0.608. The van der Waals surface area contributed by atoms with E-state index in [1.54, 1.807) is 24.3 Å². The number of rotatable bonds is 10. The van der Waals surface area contributed by atoms with Crippen molar-refractivity contribution in [3.63, 3.8) is 0 Å². The van der Waals surface area contributed by atoms with E-state index >= 15 is 0 Å². The maximum Gasteiger partial charge on any atom is 0.335 e. The molecule has 0 saturated heterocycles. The number of hydrogen-bond donors (Lipinski definition) is 1. The topological polar surface area (TPSA) is 55.8 Å². The van der Waals surface area contributed by atoms with Crippen LogP contribution in [-0.2, 0) is 0 Å². The summed E-state index contributed by atoms with van der Waals surface area (Å²) in [6, 6.07) is 14.8. The van der Waals surface area contributed by atoms with Crippen LogP contribution in [0.3, 0.4) is 0 Å². The van der Waals surface area contributed by atoms with Gasteiger partial charge in [0.05, 0.1) is 18.8 Å². The van der Waals surface area contributed by atoms with E-state index in [4.69, 9.17) is 14.6 Å². The highest BCUT2D eigenvalue weighted by Crippen LogP contribution is 2.19. The van der Waals surface area contributed by atoms with E-state index in [1.807, 2.05) is 12.1 Å². The molecule has 0 aliphatic rings. The first-order chi connectivity index (χ1) is 12.1. The van der Waals surface area contributed by atoms with Gasteiger partial charge in [-0.3, -0.25) is 0 Å². The number of benzene rings is 2. The van der Waals surface area contributed by atoms with Gasteiger partial charge in [0.1, 0.15) is 11.5 Å². The Morgan fingerprint density at radius 2 is 1.32 bits per heavy atom. The molecule has 2 aromatic carbocycles. The number of ether oxygens (including phenoxy) is 2. The van der Waals surface area contributed by atoms with Crippen molar-refractivity contribution < 1.29 is 19.4 Å². The summed E-state index contributed by atoms with van der Waals surface area (Å²) in [6.45, 7) is 5.68. The highest BCUT2D eigenvalue weighted by molar-refractivity contribution is 5.87. The Balaban J connectivity index is 1.56. The van der Waals surface area contributed by atoms with Gasteiger partial charge in [0, 0.05) is 0 Å². The van der Waals surface area contributed by atoms with Crippen LogP contribution >= 0.6 is 0 Å². The summed E-state index contributed by atoms with van der Waals surface area (Å²) in [6.07, 6.45) is 2.95. The minimum absolute atomic E-state index is 0.269. The van der Waals surface area contributed by atoms with Gasteiger partial charge < -0.3 is 14.6 Å². The first-order valence-corrected chi connectivity index (χ1v) is 8.75. The van der Waals surface area contributed by atoms with Crippen LogP contribution in [0.1, 0.15) is 54.9 Å². The summed E-state index contributed by atoms with van der Waals surface area (Å²) in [5.74, 6) is 1.23. The SMILES string of the molecule is CC(C)c1ccc(OCCCCCOc2ccc(C(=O)O)cc2)cc1. The Morgan fingerprint density at radius 1 is 0.840 bits per heavy atom. The van der Waals surface area contributed by atoms with Crippen molar-refractivity contribution in [3.05, 3.63) is 59.7 Å². The number of carboxylic acid groups (broad SMARTS) is 1. The van der Waals surface area contributed by atoms with Crippen LogP contribution < -0.4 is 9.47 Å². The highest BCUT2D eigenvalue weighted by atomic mass is 16.5. The van der Waals surface area contributed by atoms with E-state index in [0.717, 1.165) is 25.0 Å². The van der Waals surface area contributed by atoms with Gasteiger partial charge in [0.15, 0.2) is 0 Å². The highest BCUT2D eigenvalue weighted by Gasteiger charge is 2.02. The number of hydrogen-bond acceptors (Lipinski definition) is 3. The summed E-state index contributed by atoms with van der Waals surface area (Å²) in [7, 11) is 0. The van der Waals surface area contributed by atoms with Crippen LogP contribution in [0.4, 0.5) is 0 Å². The molecule has 2 rings (SSSR count). The third-order valence-corrected chi connectivity index (χ3v) is 3.97. The molecule has 0 aliphatic carbocycles. The predicted octanol–water partition coefficient (Wildman–Crippen LogP) is 5.14. The fourth-order valence-corrected chi connectivity index (χ4v) is 2.40. The molecule has 0 fully saturated rings. The number of carboxylic acids is 1. The number of unbranched alkanes of at least 4 members (excludes halogenated alkanes) is 2. The maximum absolute atomic E-state index is 10.8. The minimum Gasteiger partial charge on any atom is -0.494 e. The molecule has 134 valence electrons. The summed E-state index contributed by atoms with van der Waals surface area (Å²) in [5.41, 5.74) is 1.59. The lowest BCUT2D eigenvalue weighted by molar-refractivity contribution is 0.0697. The predicted molar refractivity (Wildman–Crippen MR) is 98.8 cm³/mol. The molecule has 4 heteroatoms. The van der Waals surface area contributed by atoms with Crippen molar-refractivity contribution in [2.24, 2.45) is 0 Å². The molecule has 0 saturated carbocycles. The maximum atomic E-state index is 10.8. The fraction of sp³-hybridized carbons (Fsp3) is 0.381. The molecule has 25 heavy (non-hydrogen) atoms. The molecule has 0 amide bonds. The average molecular weight is 342 g/mol. The van der Waals surface area contributed by atoms with E-state index in [1.165, 1.54) is 5.56 Å². The van der Waals surface area contributed by atoms with E-state index in [0.29, 0.717) is 24.9 Å². The Kier molecular flexibility index (Phi) is 7.33. The lowest BCUT2D eigenvalue weighted by Crippen LogP contribution is -2.01. The van der Waals surface area contributed by atoms with Crippen molar-refractivity contribution in [1.29, 1.82) is 0 Å². The van der Waals surface area contributed by atoms with Crippen LogP contribution in [0.2, 0.25) is 0 Å². The Hall–Kier alpha value is -2.49. The second-order valence-electron chi connectivity index (χ2n) is 6.31. The zero-order valence-electron chi connectivity index (χ0n) is 14.9. The Labute approximate surface area is 149 Å². The summed E-state index contributed by atoms with van der Waals surface area (Å²) >= 11 is 0. The first-order valence-electron chi connectivity index (χ1n) is 8.75. The molecule has 0 unspecified atom stereocenters. The van der Waals surface area contributed by atoms with Crippen LogP contribution in [0.5, 0.6) is 11.5 Å². The van der Waals surface area contributed by atoms with E-state index in [2.05, 4.69) is 26.0 Å². The molecule has 2 aromatic rings. The largest absolute Gasteiger partial charge is 0.494 e. The number of aromatic carboxylic acids is 1. The molecule has 0 heterocycles. The van der Waals surface area contributed by atoms with E-state index < -0.39 is 5.97 Å². The van der Waals surface area contributed by atoms with Crippen molar-refractivity contribution in [2.45, 2.75) is 39.0 Å². The van der Waals surface area contributed by atoms with Gasteiger partial charge in [0.25, 0.3) is 0 Å². The third kappa shape index (κ3) is 6.49. The van der Waals surface area contributed by atoms with Gasteiger partial charge in [0.2, 0.25) is 0 Å². The van der Waals surface area contributed by atoms with Gasteiger partial charge in [-0.05, 0) is 67.1 Å². The molecule has 0 atom stereocenters. The molecule has 1 N–H and O–H groups in total. The average Bonchev–Trinajstić information content (AvgIpc) is 2.61. The fourth-order valence-electron chi connectivity index (χ4n) is 2.40. The Morgan fingerprint density at radius 3 is 1.76 bits per heavy atom. The van der Waals surface area contributed by atoms with Gasteiger partial charge >= 0.3 is 5.97 Å². The van der Waals surface area contributed by atoms with Crippen molar-refractivity contribution in [3.8, 4) is 11.5 Å². The normalized spacial score (nSPS) is 10.7. The number of carbonyl (C=O) groups is 1. The van der Waals surface area contributed by atoms with Gasteiger partial charge in [-0.25, -0.2) is 4.79 Å². The molecular formula is C21H26O4. The summed E-state index contributed by atoms with van der Waals surface area (Å²) in [5, 5.41) is 8.84. The van der Waals surface area contributed by atoms with Gasteiger partial charge in [-0.15, -0.1) is 0 Å². The lowest BCUT2D eigenvalue weighted by Gasteiger charge is -2.09. The van der Waals surface area contributed by atoms with Crippen molar-refractivity contribution >= 4 is 5.97 Å². The van der Waals surface area contributed by atoms with Crippen LogP contribution in [-0.4, -0.2) is 24.3 Å². The molecular weight excluding hydrogens is 316 g/mol. The Bertz CT molecular complexity index is 645. The molecule has 4 nitrogen and oxygen atoms in total. The zero-order valence-corrected chi connectivity index (χ0v) is 14.9. The monoisotopic (exact) mass is 342 g/mol. The van der Waals surface area contributed by atoms with Gasteiger partial charge in [-0.2, -0.15) is 0 Å². The van der Waals surface area contributed by atoms with Crippen molar-refractivity contribution in [1.82, 2.24) is 0 Å². The van der Waals surface area contributed by atoms with E-state index in [9.17, 15) is 4.79 Å². The van der Waals surface area contributed by atoms with Crippen LogP contribution in [0.15, 0.2) is 48.5 Å². The molecule has 0 radical (unpaired) electrons. The zero-order chi connectivity index (χ0) is 18.1. The molecule has 0 aromatic heterocycles. The minimum atomic E-state index is -0.926.